The normalized spacial score (nSPS) is 23.2. The lowest BCUT2D eigenvalue weighted by molar-refractivity contribution is -0.0157. The fourth-order valence-electron chi connectivity index (χ4n) is 3.20. The first-order valence-corrected chi connectivity index (χ1v) is 9.00. The molecule has 25 heavy (non-hydrogen) atoms. The highest BCUT2D eigenvalue weighted by Gasteiger charge is 2.33. The Morgan fingerprint density at radius 1 is 1.12 bits per heavy atom. The molecule has 0 aromatic heterocycles. The molecule has 134 valence electrons. The van der Waals surface area contributed by atoms with Crippen LogP contribution in [0.15, 0.2) is 48.5 Å². The van der Waals surface area contributed by atoms with Gasteiger partial charge in [0.25, 0.3) is 0 Å². The van der Waals surface area contributed by atoms with Crippen LogP contribution < -0.4 is 14.8 Å². The van der Waals surface area contributed by atoms with Crippen LogP contribution in [0.2, 0.25) is 5.02 Å². The molecule has 1 aliphatic rings. The maximum absolute atomic E-state index is 10.7. The lowest BCUT2D eigenvalue weighted by atomic mass is 9.89. The van der Waals surface area contributed by atoms with E-state index in [0.717, 1.165) is 30.6 Å². The number of hydrogen-bond donors (Lipinski definition) is 2. The van der Waals surface area contributed by atoms with Gasteiger partial charge in [0.05, 0.1) is 7.11 Å². The maximum Gasteiger partial charge on any atom is 0.126 e. The van der Waals surface area contributed by atoms with Gasteiger partial charge in [0.2, 0.25) is 0 Å². The van der Waals surface area contributed by atoms with Crippen LogP contribution in [0.25, 0.3) is 0 Å². The molecule has 0 radical (unpaired) electrons. The molecule has 4 nitrogen and oxygen atoms in total. The van der Waals surface area contributed by atoms with Gasteiger partial charge in [0.15, 0.2) is 0 Å². The smallest absolute Gasteiger partial charge is 0.126 e. The van der Waals surface area contributed by atoms with Gasteiger partial charge in [-0.05, 0) is 55.2 Å². The molecular formula is C20H24ClNO3. The van der Waals surface area contributed by atoms with Gasteiger partial charge < -0.3 is 19.9 Å². The number of rotatable bonds is 6. The van der Waals surface area contributed by atoms with Crippen LogP contribution >= 0.6 is 11.6 Å². The third-order valence-electron chi connectivity index (χ3n) is 4.61. The zero-order valence-corrected chi connectivity index (χ0v) is 15.1. The first-order valence-electron chi connectivity index (χ1n) is 8.62. The monoisotopic (exact) mass is 361 g/mol. The predicted molar refractivity (Wildman–Crippen MR) is 99.3 cm³/mol. The molecule has 0 unspecified atom stereocenters. The molecule has 3 rings (SSSR count). The fourth-order valence-corrected chi connectivity index (χ4v) is 3.38. The highest BCUT2D eigenvalue weighted by Crippen LogP contribution is 2.26. The molecule has 2 aromatic carbocycles. The number of aliphatic hydroxyl groups is 1. The number of ether oxygens (including phenoxy) is 2. The van der Waals surface area contributed by atoms with Crippen LogP contribution in [0.5, 0.6) is 11.5 Å². The van der Waals surface area contributed by atoms with E-state index in [4.69, 9.17) is 21.1 Å². The summed E-state index contributed by atoms with van der Waals surface area (Å²) >= 11 is 6.00. The molecule has 1 fully saturated rings. The van der Waals surface area contributed by atoms with Gasteiger partial charge in [0.1, 0.15) is 23.7 Å². The van der Waals surface area contributed by atoms with Crippen molar-refractivity contribution in [3.63, 3.8) is 0 Å². The molecule has 0 spiro atoms. The number of hydrogen-bond acceptors (Lipinski definition) is 4. The second kappa shape index (κ2) is 8.56. The van der Waals surface area contributed by atoms with Crippen molar-refractivity contribution in [2.24, 2.45) is 0 Å². The minimum absolute atomic E-state index is 0.0139. The van der Waals surface area contributed by atoms with Crippen molar-refractivity contribution in [3.05, 3.63) is 59.1 Å². The van der Waals surface area contributed by atoms with Gasteiger partial charge in [-0.15, -0.1) is 0 Å². The number of benzene rings is 2. The SMILES string of the molecule is COc1ccc(CN[C@H]2CCC[C@@H](Oc3cccc(Cl)c3)[C@@H]2O)cc1. The Labute approximate surface area is 153 Å². The third-order valence-corrected chi connectivity index (χ3v) is 4.84. The number of aliphatic hydroxyl groups excluding tert-OH is 1. The van der Waals surface area contributed by atoms with Crippen LogP contribution in [0.4, 0.5) is 0 Å². The second-order valence-corrected chi connectivity index (χ2v) is 6.81. The van der Waals surface area contributed by atoms with Gasteiger partial charge in [-0.3, -0.25) is 0 Å². The molecule has 1 aliphatic carbocycles. The molecule has 0 heterocycles. The van der Waals surface area contributed by atoms with E-state index in [0.29, 0.717) is 17.3 Å². The average Bonchev–Trinajstić information content (AvgIpc) is 2.63. The maximum atomic E-state index is 10.7. The standard InChI is InChI=1S/C20H24ClNO3/c1-24-16-10-8-14(9-11-16)13-22-18-6-3-7-19(20(18)23)25-17-5-2-4-15(21)12-17/h2,4-5,8-12,18-20,22-23H,3,6-7,13H2,1H3/t18-,19+,20+/m0/s1. The summed E-state index contributed by atoms with van der Waals surface area (Å²) in [6, 6.07) is 15.3. The summed E-state index contributed by atoms with van der Waals surface area (Å²) in [6.45, 7) is 0.704. The Morgan fingerprint density at radius 2 is 1.92 bits per heavy atom. The van der Waals surface area contributed by atoms with E-state index in [1.807, 2.05) is 42.5 Å². The topological polar surface area (TPSA) is 50.7 Å². The Balaban J connectivity index is 1.56. The Kier molecular flexibility index (Phi) is 6.19. The minimum Gasteiger partial charge on any atom is -0.497 e. The van der Waals surface area contributed by atoms with Crippen LogP contribution in [0.1, 0.15) is 24.8 Å². The quantitative estimate of drug-likeness (QED) is 0.821. The zero-order chi connectivity index (χ0) is 17.6. The van der Waals surface area contributed by atoms with Crippen molar-refractivity contribution >= 4 is 11.6 Å². The largest absolute Gasteiger partial charge is 0.497 e. The Morgan fingerprint density at radius 3 is 2.64 bits per heavy atom. The number of nitrogens with one attached hydrogen (secondary N) is 1. The summed E-state index contributed by atoms with van der Waals surface area (Å²) in [5.74, 6) is 1.55. The van der Waals surface area contributed by atoms with Crippen LogP contribution in [-0.2, 0) is 6.54 Å². The van der Waals surface area contributed by atoms with Crippen molar-refractivity contribution in [1.29, 1.82) is 0 Å². The van der Waals surface area contributed by atoms with E-state index < -0.39 is 6.10 Å². The first-order chi connectivity index (χ1) is 12.2. The molecular weight excluding hydrogens is 338 g/mol. The fraction of sp³-hybridized carbons (Fsp3) is 0.400. The summed E-state index contributed by atoms with van der Waals surface area (Å²) in [5, 5.41) is 14.8. The van der Waals surface area contributed by atoms with E-state index in [1.54, 1.807) is 13.2 Å². The highest BCUT2D eigenvalue weighted by atomic mass is 35.5. The van der Waals surface area contributed by atoms with E-state index in [2.05, 4.69) is 5.32 Å². The molecule has 1 saturated carbocycles. The number of halogens is 1. The summed E-state index contributed by atoms with van der Waals surface area (Å²) in [7, 11) is 1.66. The summed E-state index contributed by atoms with van der Waals surface area (Å²) < 4.78 is 11.1. The molecule has 0 aliphatic heterocycles. The predicted octanol–water partition coefficient (Wildman–Crippen LogP) is 3.80. The zero-order valence-electron chi connectivity index (χ0n) is 14.3. The lowest BCUT2D eigenvalue weighted by Gasteiger charge is -2.35. The van der Waals surface area contributed by atoms with Gasteiger partial charge in [-0.25, -0.2) is 0 Å². The van der Waals surface area contributed by atoms with Crippen LogP contribution in [0, 0.1) is 0 Å². The van der Waals surface area contributed by atoms with Crippen molar-refractivity contribution in [2.45, 2.75) is 44.1 Å². The van der Waals surface area contributed by atoms with Crippen molar-refractivity contribution in [2.75, 3.05) is 7.11 Å². The summed E-state index contributed by atoms with van der Waals surface area (Å²) in [5.41, 5.74) is 1.16. The van der Waals surface area contributed by atoms with Crippen molar-refractivity contribution in [1.82, 2.24) is 5.32 Å². The van der Waals surface area contributed by atoms with Gasteiger partial charge >= 0.3 is 0 Å². The van der Waals surface area contributed by atoms with E-state index in [1.165, 1.54) is 0 Å². The lowest BCUT2D eigenvalue weighted by Crippen LogP contribution is -2.50. The molecule has 5 heteroatoms. The van der Waals surface area contributed by atoms with Gasteiger partial charge in [-0.2, -0.15) is 0 Å². The second-order valence-electron chi connectivity index (χ2n) is 6.37. The summed E-state index contributed by atoms with van der Waals surface area (Å²) in [6.07, 6.45) is 2.02. The molecule has 3 atom stereocenters. The molecule has 0 amide bonds. The Bertz CT molecular complexity index is 677. The molecule has 2 aromatic rings. The van der Waals surface area contributed by atoms with Crippen LogP contribution in [0.3, 0.4) is 0 Å². The van der Waals surface area contributed by atoms with E-state index in [-0.39, 0.29) is 12.1 Å². The van der Waals surface area contributed by atoms with Crippen LogP contribution in [-0.4, -0.2) is 30.5 Å². The molecule has 0 bridgehead atoms. The molecule has 2 N–H and O–H groups in total. The minimum atomic E-state index is -0.550. The average molecular weight is 362 g/mol. The van der Waals surface area contributed by atoms with E-state index in [9.17, 15) is 5.11 Å². The van der Waals surface area contributed by atoms with Crippen molar-refractivity contribution < 1.29 is 14.6 Å². The van der Waals surface area contributed by atoms with Gasteiger partial charge in [-0.1, -0.05) is 29.8 Å². The Hall–Kier alpha value is -1.75. The van der Waals surface area contributed by atoms with Gasteiger partial charge in [0, 0.05) is 17.6 Å². The highest BCUT2D eigenvalue weighted by molar-refractivity contribution is 6.30. The first kappa shape index (κ1) is 18.1. The number of methoxy groups -OCH3 is 1. The third kappa shape index (κ3) is 4.88. The van der Waals surface area contributed by atoms with Crippen molar-refractivity contribution in [3.8, 4) is 11.5 Å². The summed E-state index contributed by atoms with van der Waals surface area (Å²) in [4.78, 5) is 0. The molecule has 0 saturated heterocycles. The van der Waals surface area contributed by atoms with E-state index >= 15 is 0 Å².